The normalized spacial score (nSPS) is 15.6. The van der Waals surface area contributed by atoms with Gasteiger partial charge in [0, 0.05) is 37.9 Å². The van der Waals surface area contributed by atoms with Crippen molar-refractivity contribution in [2.75, 3.05) is 48.7 Å². The molecule has 2 aromatic rings. The molecule has 162 valence electrons. The molecule has 1 amide bonds. The molecular weight excluding hydrogens is 402 g/mol. The molecule has 0 unspecified atom stereocenters. The number of para-hydroxylation sites is 1. The molecule has 0 saturated carbocycles. The quantitative estimate of drug-likeness (QED) is 0.674. The van der Waals surface area contributed by atoms with Gasteiger partial charge in [-0.05, 0) is 30.7 Å². The molecule has 1 atom stereocenters. The number of sulfonamides is 1. The van der Waals surface area contributed by atoms with Crippen molar-refractivity contribution in [3.05, 3.63) is 54.6 Å². The number of ether oxygens (including phenoxy) is 1. The fourth-order valence-corrected chi connectivity index (χ4v) is 5.02. The standard InChI is InChI=1S/C22H29N3O4S/c1-4-21(25(30(3,27)28)19-11-8-12-20(17-19)29-2)22(26)24-15-13-23(14-16-24)18-9-6-5-7-10-18/h5-12,17,21H,4,13-16H2,1-3H3/t21-/m1/s1. The fourth-order valence-electron chi connectivity index (χ4n) is 3.83. The number of methoxy groups -OCH3 is 1. The number of hydrogen-bond donors (Lipinski definition) is 0. The second kappa shape index (κ2) is 9.38. The van der Waals surface area contributed by atoms with E-state index in [1.165, 1.54) is 11.4 Å². The number of piperazine rings is 1. The average molecular weight is 432 g/mol. The highest BCUT2D eigenvalue weighted by molar-refractivity contribution is 7.92. The van der Waals surface area contributed by atoms with Gasteiger partial charge in [0.2, 0.25) is 15.9 Å². The first-order chi connectivity index (χ1) is 14.3. The minimum Gasteiger partial charge on any atom is -0.497 e. The van der Waals surface area contributed by atoms with Crippen LogP contribution in [0.3, 0.4) is 0 Å². The van der Waals surface area contributed by atoms with Gasteiger partial charge in [-0.3, -0.25) is 9.10 Å². The van der Waals surface area contributed by atoms with Crippen LogP contribution in [0.4, 0.5) is 11.4 Å². The summed E-state index contributed by atoms with van der Waals surface area (Å²) in [5.74, 6) is 0.374. The lowest BCUT2D eigenvalue weighted by Crippen LogP contribution is -2.56. The Hall–Kier alpha value is -2.74. The third-order valence-corrected chi connectivity index (χ3v) is 6.51. The first-order valence-corrected chi connectivity index (χ1v) is 11.9. The molecule has 0 aromatic heterocycles. The van der Waals surface area contributed by atoms with Crippen molar-refractivity contribution in [3.8, 4) is 5.75 Å². The van der Waals surface area contributed by atoms with Gasteiger partial charge in [-0.15, -0.1) is 0 Å². The van der Waals surface area contributed by atoms with Crippen LogP contribution in [-0.4, -0.2) is 64.8 Å². The SMILES string of the molecule is CC[C@H](C(=O)N1CCN(c2ccccc2)CC1)N(c1cccc(OC)c1)S(C)(=O)=O. The highest BCUT2D eigenvalue weighted by atomic mass is 32.2. The lowest BCUT2D eigenvalue weighted by molar-refractivity contribution is -0.132. The maximum atomic E-state index is 13.4. The van der Waals surface area contributed by atoms with Gasteiger partial charge in [-0.25, -0.2) is 8.42 Å². The van der Waals surface area contributed by atoms with Gasteiger partial charge in [0.1, 0.15) is 11.8 Å². The fraction of sp³-hybridized carbons (Fsp3) is 0.409. The van der Waals surface area contributed by atoms with Crippen LogP contribution in [0, 0.1) is 0 Å². The number of carbonyl (C=O) groups is 1. The van der Waals surface area contributed by atoms with E-state index in [9.17, 15) is 13.2 Å². The second-order valence-electron chi connectivity index (χ2n) is 7.33. The van der Waals surface area contributed by atoms with Crippen LogP contribution in [0.15, 0.2) is 54.6 Å². The first-order valence-electron chi connectivity index (χ1n) is 10.1. The van der Waals surface area contributed by atoms with Crippen LogP contribution in [0.5, 0.6) is 5.75 Å². The summed E-state index contributed by atoms with van der Waals surface area (Å²) in [7, 11) is -2.15. The van der Waals surface area contributed by atoms with Crippen molar-refractivity contribution in [3.63, 3.8) is 0 Å². The number of rotatable bonds is 7. The molecule has 8 heteroatoms. The lowest BCUT2D eigenvalue weighted by atomic mass is 10.1. The van der Waals surface area contributed by atoms with Gasteiger partial charge in [0.05, 0.1) is 19.1 Å². The molecule has 0 aliphatic carbocycles. The van der Waals surface area contributed by atoms with Gasteiger partial charge >= 0.3 is 0 Å². The van der Waals surface area contributed by atoms with E-state index in [-0.39, 0.29) is 5.91 Å². The predicted octanol–water partition coefficient (Wildman–Crippen LogP) is 2.59. The first kappa shape index (κ1) is 22.0. The molecule has 1 fully saturated rings. The minimum absolute atomic E-state index is 0.168. The van der Waals surface area contributed by atoms with Gasteiger partial charge in [-0.2, -0.15) is 0 Å². The van der Waals surface area contributed by atoms with E-state index in [2.05, 4.69) is 17.0 Å². The van der Waals surface area contributed by atoms with Crippen molar-refractivity contribution in [1.82, 2.24) is 4.90 Å². The summed E-state index contributed by atoms with van der Waals surface area (Å²) < 4.78 is 31.8. The topological polar surface area (TPSA) is 70.2 Å². The Labute approximate surface area is 178 Å². The molecule has 1 aliphatic rings. The molecule has 1 heterocycles. The number of nitrogens with zero attached hydrogens (tertiary/aromatic N) is 3. The number of benzene rings is 2. The third kappa shape index (κ3) is 4.87. The number of amides is 1. The molecule has 2 aromatic carbocycles. The maximum Gasteiger partial charge on any atom is 0.246 e. The Morgan fingerprint density at radius 2 is 1.73 bits per heavy atom. The average Bonchev–Trinajstić information content (AvgIpc) is 2.76. The smallest absolute Gasteiger partial charge is 0.246 e. The van der Waals surface area contributed by atoms with E-state index in [4.69, 9.17) is 4.74 Å². The Morgan fingerprint density at radius 3 is 2.30 bits per heavy atom. The van der Waals surface area contributed by atoms with Crippen molar-refractivity contribution in [1.29, 1.82) is 0 Å². The van der Waals surface area contributed by atoms with E-state index in [1.54, 1.807) is 29.2 Å². The summed E-state index contributed by atoms with van der Waals surface area (Å²) in [5.41, 5.74) is 1.56. The zero-order valence-electron chi connectivity index (χ0n) is 17.7. The largest absolute Gasteiger partial charge is 0.497 e. The number of anilines is 2. The van der Waals surface area contributed by atoms with Crippen LogP contribution >= 0.6 is 0 Å². The molecule has 0 spiro atoms. The molecule has 3 rings (SSSR count). The van der Waals surface area contributed by atoms with E-state index in [1.807, 2.05) is 25.1 Å². The summed E-state index contributed by atoms with van der Waals surface area (Å²) in [6, 6.07) is 16.1. The summed E-state index contributed by atoms with van der Waals surface area (Å²) in [6.07, 6.45) is 1.51. The minimum atomic E-state index is -3.67. The highest BCUT2D eigenvalue weighted by Crippen LogP contribution is 2.27. The van der Waals surface area contributed by atoms with E-state index >= 15 is 0 Å². The Balaban J connectivity index is 1.79. The molecule has 7 nitrogen and oxygen atoms in total. The Morgan fingerprint density at radius 1 is 1.07 bits per heavy atom. The molecule has 30 heavy (non-hydrogen) atoms. The van der Waals surface area contributed by atoms with Crippen LogP contribution < -0.4 is 13.9 Å². The summed E-state index contributed by atoms with van der Waals surface area (Å²) in [6.45, 7) is 4.37. The molecule has 1 saturated heterocycles. The van der Waals surface area contributed by atoms with Crippen molar-refractivity contribution < 1.29 is 17.9 Å². The van der Waals surface area contributed by atoms with Crippen LogP contribution in [0.25, 0.3) is 0 Å². The number of hydrogen-bond acceptors (Lipinski definition) is 5. The van der Waals surface area contributed by atoms with E-state index in [0.29, 0.717) is 44.0 Å². The van der Waals surface area contributed by atoms with Crippen LogP contribution in [-0.2, 0) is 14.8 Å². The summed E-state index contributed by atoms with van der Waals surface area (Å²) >= 11 is 0. The van der Waals surface area contributed by atoms with Gasteiger partial charge in [-0.1, -0.05) is 31.2 Å². The molecular formula is C22H29N3O4S. The lowest BCUT2D eigenvalue weighted by Gasteiger charge is -2.39. The highest BCUT2D eigenvalue weighted by Gasteiger charge is 2.35. The van der Waals surface area contributed by atoms with Gasteiger partial charge in [0.25, 0.3) is 0 Å². The van der Waals surface area contributed by atoms with Crippen molar-refractivity contribution in [2.45, 2.75) is 19.4 Å². The molecule has 0 N–H and O–H groups in total. The van der Waals surface area contributed by atoms with Gasteiger partial charge < -0.3 is 14.5 Å². The van der Waals surface area contributed by atoms with Crippen molar-refractivity contribution >= 4 is 27.3 Å². The predicted molar refractivity (Wildman–Crippen MR) is 120 cm³/mol. The third-order valence-electron chi connectivity index (χ3n) is 5.33. The van der Waals surface area contributed by atoms with Crippen LogP contribution in [0.1, 0.15) is 13.3 Å². The molecule has 0 radical (unpaired) electrons. The maximum absolute atomic E-state index is 13.4. The van der Waals surface area contributed by atoms with E-state index in [0.717, 1.165) is 11.9 Å². The Bertz CT molecular complexity index is 957. The number of carbonyl (C=O) groups excluding carboxylic acids is 1. The zero-order valence-corrected chi connectivity index (χ0v) is 18.5. The molecule has 0 bridgehead atoms. The summed E-state index contributed by atoms with van der Waals surface area (Å²) in [4.78, 5) is 17.4. The van der Waals surface area contributed by atoms with Crippen molar-refractivity contribution in [2.24, 2.45) is 0 Å². The zero-order chi connectivity index (χ0) is 21.7. The van der Waals surface area contributed by atoms with Gasteiger partial charge in [0.15, 0.2) is 0 Å². The monoisotopic (exact) mass is 431 g/mol. The van der Waals surface area contributed by atoms with E-state index < -0.39 is 16.1 Å². The second-order valence-corrected chi connectivity index (χ2v) is 9.19. The Kier molecular flexibility index (Phi) is 6.87. The van der Waals surface area contributed by atoms with Crippen LogP contribution in [0.2, 0.25) is 0 Å². The summed E-state index contributed by atoms with van der Waals surface area (Å²) in [5, 5.41) is 0. The molecule has 1 aliphatic heterocycles.